The van der Waals surface area contributed by atoms with Gasteiger partial charge in [0, 0.05) is 6.42 Å². The Morgan fingerprint density at radius 3 is 1.46 bits per heavy atom. The minimum atomic E-state index is -1.80. The number of nitrogens with zero attached hydrogens (tertiary/aromatic N) is 1. The average Bonchev–Trinajstić information content (AvgIpc) is 2.73. The molecule has 130 valence electrons. The van der Waals surface area contributed by atoms with Crippen LogP contribution in [0.2, 0.25) is 0 Å². The molecule has 0 aromatic heterocycles. The molecule has 1 nitrogen and oxygen atoms in total. The van der Waals surface area contributed by atoms with Gasteiger partial charge in [0.15, 0.2) is 0 Å². The predicted molar refractivity (Wildman–Crippen MR) is 117 cm³/mol. The third-order valence-corrected chi connectivity index (χ3v) is 8.76. The Labute approximate surface area is 157 Å². The van der Waals surface area contributed by atoms with E-state index in [4.69, 9.17) is 6.57 Å². The molecule has 0 bridgehead atoms. The fourth-order valence-electron chi connectivity index (χ4n) is 3.37. The van der Waals surface area contributed by atoms with Crippen molar-refractivity contribution in [3.8, 4) is 0 Å². The Bertz CT molecular complexity index is 790. The Balaban J connectivity index is 2.19. The molecule has 0 spiro atoms. The zero-order chi connectivity index (χ0) is 18.1. The topological polar surface area (TPSA) is 4.36 Å². The molecule has 0 unspecified atom stereocenters. The first-order chi connectivity index (χ1) is 12.9. The van der Waals surface area contributed by atoms with Crippen LogP contribution in [0.15, 0.2) is 91.0 Å². The highest BCUT2D eigenvalue weighted by Gasteiger charge is 2.24. The fourth-order valence-corrected chi connectivity index (χ4v) is 7.40. The molecule has 0 aliphatic heterocycles. The van der Waals surface area contributed by atoms with Crippen LogP contribution in [0.5, 0.6) is 0 Å². The lowest BCUT2D eigenvalue weighted by Gasteiger charge is -2.29. The normalized spacial score (nSPS) is 10.9. The summed E-state index contributed by atoms with van der Waals surface area (Å²) in [5, 5.41) is 4.17. The van der Waals surface area contributed by atoms with E-state index in [9.17, 15) is 0 Å². The second-order valence-electron chi connectivity index (χ2n) is 6.29. The van der Waals surface area contributed by atoms with E-state index in [1.54, 1.807) is 0 Å². The number of unbranched alkanes of at least 4 members (excludes halogenated alkanes) is 2. The first-order valence-corrected chi connectivity index (χ1v) is 11.0. The van der Waals surface area contributed by atoms with Gasteiger partial charge in [0.1, 0.15) is 0 Å². The summed E-state index contributed by atoms with van der Waals surface area (Å²) in [6.45, 7) is 5.81. The van der Waals surface area contributed by atoms with Gasteiger partial charge in [-0.3, -0.25) is 0 Å². The van der Waals surface area contributed by atoms with E-state index in [0.717, 1.165) is 19.3 Å². The van der Waals surface area contributed by atoms with E-state index in [2.05, 4.69) is 102 Å². The zero-order valence-electron chi connectivity index (χ0n) is 15.0. The highest BCUT2D eigenvalue weighted by molar-refractivity contribution is 7.94. The minimum Gasteiger partial charge on any atom is -0.317 e. The standard InChI is InChI=1S/C24H24NP/c1-25-20-12-5-13-21-26(22-14-6-2-7-15-22,23-16-8-3-9-17-23)24-18-10-4-11-19-24/h2-4,6-11,14-19,21H,5,12-13,20H2. The second kappa shape index (κ2) is 9.23. The van der Waals surface area contributed by atoms with Crippen LogP contribution >= 0.6 is 6.89 Å². The van der Waals surface area contributed by atoms with E-state index in [1.165, 1.54) is 15.9 Å². The zero-order valence-corrected chi connectivity index (χ0v) is 15.9. The van der Waals surface area contributed by atoms with Gasteiger partial charge < -0.3 is 4.85 Å². The SMILES string of the molecule is [C-]#[N+]CCCCC=P(c1ccccc1)(c1ccccc1)c1ccccc1. The Hall–Kier alpha value is -2.55. The van der Waals surface area contributed by atoms with E-state index >= 15 is 0 Å². The largest absolute Gasteiger partial charge is 0.317 e. The summed E-state index contributed by atoms with van der Waals surface area (Å²) >= 11 is 0. The van der Waals surface area contributed by atoms with Crippen LogP contribution in [0.3, 0.4) is 0 Å². The smallest absolute Gasteiger partial charge is 0.214 e. The maximum absolute atomic E-state index is 6.99. The van der Waals surface area contributed by atoms with Crippen LogP contribution in [0.1, 0.15) is 19.3 Å². The van der Waals surface area contributed by atoms with Crippen molar-refractivity contribution in [2.75, 3.05) is 6.54 Å². The Morgan fingerprint density at radius 1 is 0.654 bits per heavy atom. The molecule has 0 aliphatic carbocycles. The first kappa shape index (κ1) is 18.2. The molecule has 0 radical (unpaired) electrons. The summed E-state index contributed by atoms with van der Waals surface area (Å²) in [7, 11) is 0. The number of benzene rings is 3. The van der Waals surface area contributed by atoms with Gasteiger partial charge in [-0.05, 0) is 35.6 Å². The van der Waals surface area contributed by atoms with Crippen molar-refractivity contribution in [3.63, 3.8) is 0 Å². The first-order valence-electron chi connectivity index (χ1n) is 9.11. The lowest BCUT2D eigenvalue weighted by atomic mass is 10.2. The molecule has 2 heteroatoms. The van der Waals surface area contributed by atoms with E-state index < -0.39 is 6.89 Å². The summed E-state index contributed by atoms with van der Waals surface area (Å²) < 4.78 is 0. The lowest BCUT2D eigenvalue weighted by molar-refractivity contribution is 0.824. The molecule has 0 saturated heterocycles. The predicted octanol–water partition coefficient (Wildman–Crippen LogP) is 4.87. The molecule has 0 atom stereocenters. The van der Waals surface area contributed by atoms with Crippen LogP contribution < -0.4 is 15.9 Å². The highest BCUT2D eigenvalue weighted by Crippen LogP contribution is 2.44. The molecule has 0 N–H and O–H groups in total. The summed E-state index contributed by atoms with van der Waals surface area (Å²) in [6.07, 6.45) is 3.07. The number of rotatable bonds is 7. The number of hydrogen-bond acceptors (Lipinski definition) is 0. The molecule has 3 rings (SSSR count). The average molecular weight is 357 g/mol. The molecule has 0 fully saturated rings. The maximum Gasteiger partial charge on any atom is 0.214 e. The van der Waals surface area contributed by atoms with Crippen LogP contribution in [0, 0.1) is 6.57 Å². The second-order valence-corrected chi connectivity index (χ2v) is 9.65. The summed E-state index contributed by atoms with van der Waals surface area (Å²) in [4.78, 5) is 3.49. The fraction of sp³-hybridized carbons (Fsp3) is 0.167. The monoisotopic (exact) mass is 357 g/mol. The Morgan fingerprint density at radius 2 is 1.08 bits per heavy atom. The van der Waals surface area contributed by atoms with Gasteiger partial charge in [-0.15, -0.1) is 0 Å². The van der Waals surface area contributed by atoms with Crippen LogP contribution in [0.4, 0.5) is 0 Å². The van der Waals surface area contributed by atoms with Crippen LogP contribution in [-0.4, -0.2) is 12.3 Å². The van der Waals surface area contributed by atoms with Crippen molar-refractivity contribution >= 4 is 28.6 Å². The third kappa shape index (κ3) is 3.98. The third-order valence-electron chi connectivity index (χ3n) is 4.62. The van der Waals surface area contributed by atoms with Crippen molar-refractivity contribution in [2.24, 2.45) is 0 Å². The van der Waals surface area contributed by atoms with Gasteiger partial charge in [-0.25, -0.2) is 6.57 Å². The van der Waals surface area contributed by atoms with Crippen molar-refractivity contribution in [1.29, 1.82) is 0 Å². The van der Waals surface area contributed by atoms with Crippen molar-refractivity contribution in [1.82, 2.24) is 0 Å². The van der Waals surface area contributed by atoms with Gasteiger partial charge in [0.25, 0.3) is 0 Å². The molecule has 0 saturated carbocycles. The maximum atomic E-state index is 6.99. The summed E-state index contributed by atoms with van der Waals surface area (Å²) in [5.74, 6) is 2.55. The van der Waals surface area contributed by atoms with Crippen molar-refractivity contribution in [2.45, 2.75) is 19.3 Å². The van der Waals surface area contributed by atoms with Crippen LogP contribution in [0.25, 0.3) is 4.85 Å². The summed E-state index contributed by atoms with van der Waals surface area (Å²) in [5.41, 5.74) is 0. The van der Waals surface area contributed by atoms with Gasteiger partial charge in [0.05, 0.1) is 0 Å². The van der Waals surface area contributed by atoms with E-state index in [0.29, 0.717) is 6.54 Å². The van der Waals surface area contributed by atoms with Crippen molar-refractivity contribution in [3.05, 3.63) is 102 Å². The Kier molecular flexibility index (Phi) is 6.48. The molecular weight excluding hydrogens is 333 g/mol. The van der Waals surface area contributed by atoms with Gasteiger partial charge in [0.2, 0.25) is 6.54 Å². The van der Waals surface area contributed by atoms with Gasteiger partial charge >= 0.3 is 0 Å². The van der Waals surface area contributed by atoms with E-state index in [1.807, 2.05) is 0 Å². The molecule has 26 heavy (non-hydrogen) atoms. The van der Waals surface area contributed by atoms with Crippen molar-refractivity contribution < 1.29 is 0 Å². The highest BCUT2D eigenvalue weighted by atomic mass is 31.2. The summed E-state index contributed by atoms with van der Waals surface area (Å²) in [6, 6.07) is 32.7. The number of hydrogen-bond donors (Lipinski definition) is 0. The molecule has 3 aromatic carbocycles. The van der Waals surface area contributed by atoms with Gasteiger partial charge in [-0.1, -0.05) is 96.8 Å². The molecule has 0 aliphatic rings. The molecule has 0 amide bonds. The quantitative estimate of drug-likeness (QED) is 0.323. The molecule has 3 aromatic rings. The molecule has 0 heterocycles. The van der Waals surface area contributed by atoms with Gasteiger partial charge in [-0.2, -0.15) is 0 Å². The van der Waals surface area contributed by atoms with E-state index in [-0.39, 0.29) is 0 Å². The lowest BCUT2D eigenvalue weighted by Crippen LogP contribution is -2.26. The van der Waals surface area contributed by atoms with Crippen LogP contribution in [-0.2, 0) is 0 Å². The molecular formula is C24H24NP. The minimum absolute atomic E-state index is 0.626.